The van der Waals surface area contributed by atoms with Crippen LogP contribution < -0.4 is 5.56 Å². The molecule has 0 saturated carbocycles. The maximum absolute atomic E-state index is 14.8. The Morgan fingerprint density at radius 3 is 2.61 bits per heavy atom. The molecule has 0 unspecified atom stereocenters. The lowest BCUT2D eigenvalue weighted by atomic mass is 10.2. The minimum atomic E-state index is -0.412. The van der Waals surface area contributed by atoms with Gasteiger partial charge >= 0.3 is 0 Å². The van der Waals surface area contributed by atoms with Crippen LogP contribution in [0.4, 0.5) is 4.39 Å². The third-order valence-electron chi connectivity index (χ3n) is 5.12. The third-order valence-corrected chi connectivity index (χ3v) is 6.42. The van der Waals surface area contributed by atoms with Gasteiger partial charge in [-0.1, -0.05) is 53.7 Å². The monoisotopic (exact) mass is 477 g/mol. The summed E-state index contributed by atoms with van der Waals surface area (Å²) in [6, 6.07) is 20.6. The van der Waals surface area contributed by atoms with E-state index in [1.807, 2.05) is 37.3 Å². The number of aromatic nitrogens is 5. The van der Waals surface area contributed by atoms with Gasteiger partial charge in [-0.3, -0.25) is 13.8 Å². The number of fused-ring (bicyclic) bond motifs is 1. The van der Waals surface area contributed by atoms with Gasteiger partial charge in [-0.05, 0) is 43.3 Å². The van der Waals surface area contributed by atoms with Gasteiger partial charge in [0, 0.05) is 23.1 Å². The van der Waals surface area contributed by atoms with Gasteiger partial charge in [0.2, 0.25) is 0 Å². The number of thioether (sulfide) groups is 1. The fourth-order valence-electron chi connectivity index (χ4n) is 3.61. The first-order valence-electron chi connectivity index (χ1n) is 10.1. The van der Waals surface area contributed by atoms with Gasteiger partial charge in [0.15, 0.2) is 11.0 Å². The molecule has 9 heteroatoms. The van der Waals surface area contributed by atoms with Crippen molar-refractivity contribution < 1.29 is 4.39 Å². The SMILES string of the molecule is Cc1cccc2nc(CSc3nnc(-c4ccccc4Cl)n3-c3ccccc3F)cc(=O)n12. The molecule has 0 aliphatic carbocycles. The summed E-state index contributed by atoms with van der Waals surface area (Å²) < 4.78 is 18.0. The van der Waals surface area contributed by atoms with Crippen molar-refractivity contribution in [2.45, 2.75) is 17.8 Å². The average molecular weight is 478 g/mol. The molecule has 0 aliphatic rings. The molecule has 0 radical (unpaired) electrons. The van der Waals surface area contributed by atoms with Crippen molar-refractivity contribution in [2.24, 2.45) is 0 Å². The van der Waals surface area contributed by atoms with Gasteiger partial charge in [-0.2, -0.15) is 0 Å². The summed E-state index contributed by atoms with van der Waals surface area (Å²) in [7, 11) is 0. The normalized spacial score (nSPS) is 11.2. The van der Waals surface area contributed by atoms with Crippen molar-refractivity contribution >= 4 is 29.0 Å². The molecule has 0 fully saturated rings. The predicted octanol–water partition coefficient (Wildman–Crippen LogP) is 5.34. The summed E-state index contributed by atoms with van der Waals surface area (Å²) in [4.78, 5) is 17.2. The number of hydrogen-bond donors (Lipinski definition) is 0. The fraction of sp³-hybridized carbons (Fsp3) is 0.0833. The Balaban J connectivity index is 1.57. The predicted molar refractivity (Wildman–Crippen MR) is 128 cm³/mol. The molecule has 3 aromatic heterocycles. The Kier molecular flexibility index (Phi) is 5.70. The molecule has 0 saturated heterocycles. The lowest BCUT2D eigenvalue weighted by Crippen LogP contribution is -2.17. The number of halogens is 2. The Bertz CT molecular complexity index is 1550. The number of nitrogens with zero attached hydrogens (tertiary/aromatic N) is 5. The highest BCUT2D eigenvalue weighted by Crippen LogP contribution is 2.33. The second kappa shape index (κ2) is 8.80. The first-order valence-corrected chi connectivity index (χ1v) is 11.5. The summed E-state index contributed by atoms with van der Waals surface area (Å²) in [5.41, 5.74) is 2.78. The number of aryl methyl sites for hydroxylation is 1. The number of benzene rings is 2. The van der Waals surface area contributed by atoms with Crippen LogP contribution in [0.3, 0.4) is 0 Å². The molecule has 2 aromatic carbocycles. The van der Waals surface area contributed by atoms with E-state index in [1.165, 1.54) is 23.9 Å². The molecular formula is C24H17ClFN5OS. The number of pyridine rings is 1. The van der Waals surface area contributed by atoms with Crippen LogP contribution in [-0.2, 0) is 5.75 Å². The molecule has 0 spiro atoms. The zero-order valence-electron chi connectivity index (χ0n) is 17.4. The zero-order valence-corrected chi connectivity index (χ0v) is 19.0. The average Bonchev–Trinajstić information content (AvgIpc) is 3.21. The number of para-hydroxylation sites is 1. The second-order valence-electron chi connectivity index (χ2n) is 7.31. The van der Waals surface area contributed by atoms with Gasteiger partial charge in [-0.25, -0.2) is 9.37 Å². The summed E-state index contributed by atoms with van der Waals surface area (Å²) >= 11 is 7.71. The Morgan fingerprint density at radius 2 is 1.79 bits per heavy atom. The van der Waals surface area contributed by atoms with Gasteiger partial charge in [-0.15, -0.1) is 10.2 Å². The van der Waals surface area contributed by atoms with E-state index in [4.69, 9.17) is 11.6 Å². The van der Waals surface area contributed by atoms with E-state index < -0.39 is 5.82 Å². The Labute approximate surface area is 197 Å². The lowest BCUT2D eigenvalue weighted by molar-refractivity contribution is 0.613. The van der Waals surface area contributed by atoms with E-state index in [0.717, 1.165) is 5.69 Å². The molecular weight excluding hydrogens is 461 g/mol. The van der Waals surface area contributed by atoms with E-state index in [-0.39, 0.29) is 5.56 Å². The molecule has 0 bridgehead atoms. The van der Waals surface area contributed by atoms with Crippen molar-refractivity contribution in [1.29, 1.82) is 0 Å². The van der Waals surface area contributed by atoms with Gasteiger partial charge in [0.1, 0.15) is 11.5 Å². The van der Waals surface area contributed by atoms with Crippen LogP contribution in [0.5, 0.6) is 0 Å². The molecule has 0 amide bonds. The molecule has 6 nitrogen and oxygen atoms in total. The highest BCUT2D eigenvalue weighted by molar-refractivity contribution is 7.98. The van der Waals surface area contributed by atoms with E-state index in [0.29, 0.717) is 44.3 Å². The van der Waals surface area contributed by atoms with Gasteiger partial charge in [0.05, 0.1) is 16.4 Å². The van der Waals surface area contributed by atoms with Crippen LogP contribution in [0, 0.1) is 12.7 Å². The molecule has 0 N–H and O–H groups in total. The molecule has 0 atom stereocenters. The highest BCUT2D eigenvalue weighted by Gasteiger charge is 2.20. The molecule has 164 valence electrons. The first-order chi connectivity index (χ1) is 16.0. The van der Waals surface area contributed by atoms with Crippen LogP contribution >= 0.6 is 23.4 Å². The molecule has 3 heterocycles. The second-order valence-corrected chi connectivity index (χ2v) is 8.66. The Hall–Kier alpha value is -3.49. The van der Waals surface area contributed by atoms with E-state index in [2.05, 4.69) is 15.2 Å². The highest BCUT2D eigenvalue weighted by atomic mass is 35.5. The van der Waals surface area contributed by atoms with E-state index in [9.17, 15) is 9.18 Å². The minimum Gasteiger partial charge on any atom is -0.269 e. The summed E-state index contributed by atoms with van der Waals surface area (Å²) in [6.45, 7) is 1.86. The van der Waals surface area contributed by atoms with Crippen molar-refractivity contribution in [2.75, 3.05) is 0 Å². The van der Waals surface area contributed by atoms with Crippen LogP contribution in [0.1, 0.15) is 11.4 Å². The first kappa shape index (κ1) is 21.4. The summed E-state index contributed by atoms with van der Waals surface area (Å²) in [5, 5.41) is 9.56. The minimum absolute atomic E-state index is 0.152. The van der Waals surface area contributed by atoms with Gasteiger partial charge in [0.25, 0.3) is 5.56 Å². The summed E-state index contributed by atoms with van der Waals surface area (Å²) in [5.74, 6) is 0.370. The maximum atomic E-state index is 14.8. The van der Waals surface area contributed by atoms with Gasteiger partial charge < -0.3 is 0 Å². The van der Waals surface area contributed by atoms with Crippen LogP contribution in [0.25, 0.3) is 22.7 Å². The lowest BCUT2D eigenvalue weighted by Gasteiger charge is -2.12. The molecule has 0 aliphatic heterocycles. The van der Waals surface area contributed by atoms with Crippen molar-refractivity contribution in [3.63, 3.8) is 0 Å². The number of rotatable bonds is 5. The smallest absolute Gasteiger partial charge is 0.258 e. The molecule has 33 heavy (non-hydrogen) atoms. The van der Waals surface area contributed by atoms with Crippen LogP contribution in [0.15, 0.2) is 82.7 Å². The van der Waals surface area contributed by atoms with Crippen molar-refractivity contribution in [3.8, 4) is 17.1 Å². The quantitative estimate of drug-likeness (QED) is 0.320. The van der Waals surface area contributed by atoms with E-state index in [1.54, 1.807) is 39.3 Å². The van der Waals surface area contributed by atoms with Crippen LogP contribution in [0.2, 0.25) is 5.02 Å². The van der Waals surface area contributed by atoms with Crippen molar-refractivity contribution in [3.05, 3.63) is 105 Å². The van der Waals surface area contributed by atoms with Crippen molar-refractivity contribution in [1.82, 2.24) is 24.1 Å². The standard InChI is InChI=1S/C24H17ClFN5OS/c1-15-7-6-12-21-27-16(13-22(32)30(15)21)14-33-24-29-28-23(17-8-2-3-9-18(17)25)31(24)20-11-5-4-10-19(20)26/h2-13H,14H2,1H3. The third kappa shape index (κ3) is 4.03. The molecule has 5 aromatic rings. The maximum Gasteiger partial charge on any atom is 0.258 e. The topological polar surface area (TPSA) is 65.1 Å². The number of hydrogen-bond acceptors (Lipinski definition) is 5. The summed E-state index contributed by atoms with van der Waals surface area (Å²) in [6.07, 6.45) is 0. The zero-order chi connectivity index (χ0) is 22.9. The fourth-order valence-corrected chi connectivity index (χ4v) is 4.66. The van der Waals surface area contributed by atoms with Crippen LogP contribution in [-0.4, -0.2) is 24.1 Å². The largest absolute Gasteiger partial charge is 0.269 e. The van der Waals surface area contributed by atoms with E-state index >= 15 is 0 Å². The Morgan fingerprint density at radius 1 is 1.00 bits per heavy atom. The molecule has 5 rings (SSSR count).